The Morgan fingerprint density at radius 2 is 2.15 bits per heavy atom. The van der Waals surface area contributed by atoms with Crippen LogP contribution in [0.25, 0.3) is 0 Å². The number of rotatable bonds is 5. The zero-order chi connectivity index (χ0) is 14.7. The number of nitrogens with zero attached hydrogens (tertiary/aromatic N) is 2. The van der Waals surface area contributed by atoms with Gasteiger partial charge in [0.15, 0.2) is 0 Å². The van der Waals surface area contributed by atoms with Crippen molar-refractivity contribution in [3.05, 3.63) is 28.2 Å². The largest absolute Gasteiger partial charge is 0.389 e. The fourth-order valence-corrected chi connectivity index (χ4v) is 3.93. The van der Waals surface area contributed by atoms with Gasteiger partial charge in [-0.1, -0.05) is 32.1 Å². The van der Waals surface area contributed by atoms with E-state index < -0.39 is 0 Å². The Bertz CT molecular complexity index is 488. The van der Waals surface area contributed by atoms with Gasteiger partial charge in [-0.15, -0.1) is 0 Å². The molecule has 0 bridgehead atoms. The van der Waals surface area contributed by atoms with Gasteiger partial charge in [0.2, 0.25) is 0 Å². The molecule has 5 heteroatoms. The number of thiocarbonyl (C=S) groups is 1. The van der Waals surface area contributed by atoms with Gasteiger partial charge in [-0.2, -0.15) is 0 Å². The van der Waals surface area contributed by atoms with E-state index in [0.29, 0.717) is 11.0 Å². The maximum atomic E-state index is 5.89. The Labute approximate surface area is 135 Å². The van der Waals surface area contributed by atoms with E-state index >= 15 is 0 Å². The number of benzene rings is 1. The molecule has 0 amide bonds. The smallest absolute Gasteiger partial charge is 0.107 e. The quantitative estimate of drug-likeness (QED) is 0.823. The molecule has 1 atom stereocenters. The zero-order valence-corrected chi connectivity index (χ0v) is 14.5. The Hall–Kier alpha value is -0.650. The second kappa shape index (κ2) is 6.87. The van der Waals surface area contributed by atoms with Crippen LogP contribution in [0.15, 0.2) is 22.7 Å². The molecule has 0 saturated carbocycles. The van der Waals surface area contributed by atoms with E-state index in [1.165, 1.54) is 6.42 Å². The minimum absolute atomic E-state index is 0.457. The highest BCUT2D eigenvalue weighted by molar-refractivity contribution is 9.10. The van der Waals surface area contributed by atoms with Gasteiger partial charge >= 0.3 is 0 Å². The fourth-order valence-electron chi connectivity index (χ4n) is 3.02. The van der Waals surface area contributed by atoms with Gasteiger partial charge in [0, 0.05) is 34.9 Å². The summed E-state index contributed by atoms with van der Waals surface area (Å²) >= 11 is 8.77. The van der Waals surface area contributed by atoms with Crippen molar-refractivity contribution in [2.24, 2.45) is 5.73 Å². The lowest BCUT2D eigenvalue weighted by atomic mass is 10.1. The Kier molecular flexibility index (Phi) is 5.41. The summed E-state index contributed by atoms with van der Waals surface area (Å²) < 4.78 is 0.980. The molecule has 1 fully saturated rings. The minimum atomic E-state index is 0.457. The highest BCUT2D eigenvalue weighted by Crippen LogP contribution is 2.31. The molecule has 1 aromatic carbocycles. The van der Waals surface area contributed by atoms with Gasteiger partial charge in [-0.25, -0.2) is 0 Å². The van der Waals surface area contributed by atoms with Gasteiger partial charge in [0.25, 0.3) is 0 Å². The van der Waals surface area contributed by atoms with Crippen LogP contribution < -0.4 is 10.6 Å². The molecular weight excluding hydrogens is 334 g/mol. The molecule has 1 aromatic rings. The van der Waals surface area contributed by atoms with Crippen molar-refractivity contribution in [1.29, 1.82) is 0 Å². The molecule has 2 N–H and O–H groups in total. The van der Waals surface area contributed by atoms with E-state index in [1.54, 1.807) is 0 Å². The molecule has 1 aliphatic heterocycles. The van der Waals surface area contributed by atoms with Crippen LogP contribution in [0.2, 0.25) is 0 Å². The molecule has 3 nitrogen and oxygen atoms in total. The predicted octanol–water partition coefficient (Wildman–Crippen LogP) is 3.00. The Morgan fingerprint density at radius 3 is 2.75 bits per heavy atom. The average Bonchev–Trinajstić information content (AvgIpc) is 2.89. The normalized spacial score (nSPS) is 18.8. The average molecular weight is 356 g/mol. The SMILES string of the molecule is CCN(CC)C1CCN(c2cccc(Br)c2C(N)=S)C1. The Balaban J connectivity index is 2.22. The van der Waals surface area contributed by atoms with Crippen LogP contribution in [-0.2, 0) is 0 Å². The topological polar surface area (TPSA) is 32.5 Å². The van der Waals surface area contributed by atoms with E-state index in [-0.39, 0.29) is 0 Å². The number of nitrogens with two attached hydrogens (primary N) is 1. The first kappa shape index (κ1) is 15.7. The summed E-state index contributed by atoms with van der Waals surface area (Å²) in [4.78, 5) is 5.39. The molecule has 1 unspecified atom stereocenters. The molecule has 0 radical (unpaired) electrons. The molecule has 2 rings (SSSR count). The van der Waals surface area contributed by atoms with Gasteiger partial charge < -0.3 is 10.6 Å². The van der Waals surface area contributed by atoms with Crippen molar-refractivity contribution in [3.63, 3.8) is 0 Å². The third-order valence-electron chi connectivity index (χ3n) is 4.07. The first-order chi connectivity index (χ1) is 9.58. The molecule has 20 heavy (non-hydrogen) atoms. The standard InChI is InChI=1S/C15H22BrN3S/c1-3-18(4-2)11-8-9-19(10-11)13-7-5-6-12(16)14(13)15(17)20/h5-7,11H,3-4,8-10H2,1-2H3,(H2,17,20). The fraction of sp³-hybridized carbons (Fsp3) is 0.533. The molecule has 110 valence electrons. The van der Waals surface area contributed by atoms with Gasteiger partial charge in [0.1, 0.15) is 4.99 Å². The van der Waals surface area contributed by atoms with E-state index in [1.807, 2.05) is 12.1 Å². The predicted molar refractivity (Wildman–Crippen MR) is 93.6 cm³/mol. The maximum Gasteiger partial charge on any atom is 0.107 e. The van der Waals surface area contributed by atoms with Crippen LogP contribution in [-0.4, -0.2) is 42.1 Å². The van der Waals surface area contributed by atoms with Crippen LogP contribution in [0, 0.1) is 0 Å². The van der Waals surface area contributed by atoms with Crippen molar-refractivity contribution in [3.8, 4) is 0 Å². The van der Waals surface area contributed by atoms with E-state index in [4.69, 9.17) is 18.0 Å². The van der Waals surface area contributed by atoms with Crippen molar-refractivity contribution in [1.82, 2.24) is 4.90 Å². The summed E-state index contributed by atoms with van der Waals surface area (Å²) in [6, 6.07) is 6.79. The second-order valence-electron chi connectivity index (χ2n) is 5.11. The summed E-state index contributed by atoms with van der Waals surface area (Å²) in [5.41, 5.74) is 8.01. The maximum absolute atomic E-state index is 5.89. The lowest BCUT2D eigenvalue weighted by Crippen LogP contribution is -2.37. The van der Waals surface area contributed by atoms with Gasteiger partial charge in [0.05, 0.1) is 0 Å². The third kappa shape index (κ3) is 3.15. The van der Waals surface area contributed by atoms with Crippen molar-refractivity contribution >= 4 is 38.8 Å². The number of hydrogen-bond donors (Lipinski definition) is 1. The van der Waals surface area contributed by atoms with E-state index in [0.717, 1.165) is 41.9 Å². The summed E-state index contributed by atoms with van der Waals surface area (Å²) in [6.45, 7) is 8.78. The number of hydrogen-bond acceptors (Lipinski definition) is 3. The highest BCUT2D eigenvalue weighted by Gasteiger charge is 2.28. The zero-order valence-electron chi connectivity index (χ0n) is 12.1. The third-order valence-corrected chi connectivity index (χ3v) is 4.94. The summed E-state index contributed by atoms with van der Waals surface area (Å²) in [5.74, 6) is 0. The summed E-state index contributed by atoms with van der Waals surface area (Å²) in [5, 5.41) is 0. The summed E-state index contributed by atoms with van der Waals surface area (Å²) in [6.07, 6.45) is 1.20. The van der Waals surface area contributed by atoms with Crippen LogP contribution in [0.1, 0.15) is 25.8 Å². The monoisotopic (exact) mass is 355 g/mol. The molecule has 1 heterocycles. The first-order valence-corrected chi connectivity index (χ1v) is 8.35. The molecule has 1 saturated heterocycles. The molecule has 0 aliphatic carbocycles. The van der Waals surface area contributed by atoms with Crippen LogP contribution in [0.5, 0.6) is 0 Å². The number of halogens is 1. The van der Waals surface area contributed by atoms with Crippen molar-refractivity contribution in [2.45, 2.75) is 26.3 Å². The Morgan fingerprint density at radius 1 is 1.45 bits per heavy atom. The second-order valence-corrected chi connectivity index (χ2v) is 6.40. The minimum Gasteiger partial charge on any atom is -0.389 e. The lowest BCUT2D eigenvalue weighted by Gasteiger charge is -2.27. The van der Waals surface area contributed by atoms with Gasteiger partial charge in [-0.3, -0.25) is 4.90 Å². The van der Waals surface area contributed by atoms with Crippen molar-refractivity contribution in [2.75, 3.05) is 31.1 Å². The molecule has 1 aliphatic rings. The lowest BCUT2D eigenvalue weighted by molar-refractivity contribution is 0.232. The first-order valence-electron chi connectivity index (χ1n) is 7.15. The van der Waals surface area contributed by atoms with Crippen LogP contribution >= 0.6 is 28.1 Å². The van der Waals surface area contributed by atoms with E-state index in [9.17, 15) is 0 Å². The molecule has 0 spiro atoms. The van der Waals surface area contributed by atoms with Crippen LogP contribution in [0.3, 0.4) is 0 Å². The molecule has 0 aromatic heterocycles. The number of anilines is 1. The number of likely N-dealkylation sites (N-methyl/N-ethyl adjacent to an activating group) is 1. The summed E-state index contributed by atoms with van der Waals surface area (Å²) in [7, 11) is 0. The highest BCUT2D eigenvalue weighted by atomic mass is 79.9. The van der Waals surface area contributed by atoms with Crippen LogP contribution in [0.4, 0.5) is 5.69 Å². The van der Waals surface area contributed by atoms with Gasteiger partial charge in [-0.05, 0) is 47.6 Å². The van der Waals surface area contributed by atoms with E-state index in [2.05, 4.69) is 45.6 Å². The van der Waals surface area contributed by atoms with Crippen molar-refractivity contribution < 1.29 is 0 Å². The molecular formula is C15H22BrN3S.